The van der Waals surface area contributed by atoms with E-state index in [0.29, 0.717) is 5.69 Å². The summed E-state index contributed by atoms with van der Waals surface area (Å²) in [6.45, 7) is 8.16. The van der Waals surface area contributed by atoms with Crippen LogP contribution in [-0.4, -0.2) is 15.8 Å². The van der Waals surface area contributed by atoms with E-state index >= 15 is 0 Å². The molecule has 0 aliphatic rings. The molecule has 0 unspecified atom stereocenters. The van der Waals surface area contributed by atoms with Gasteiger partial charge in [-0.05, 0) is 50.5 Å². The molecule has 0 aliphatic carbocycles. The van der Waals surface area contributed by atoms with Gasteiger partial charge in [0.05, 0.1) is 5.69 Å². The third-order valence-electron chi connectivity index (χ3n) is 3.55. The van der Waals surface area contributed by atoms with Crippen LogP contribution in [0.1, 0.15) is 33.0 Å². The predicted octanol–water partition coefficient (Wildman–Crippen LogP) is 3.13. The highest BCUT2D eigenvalue weighted by atomic mass is 16.1. The third kappa shape index (κ3) is 1.86. The molecule has 0 fully saturated rings. The maximum atomic E-state index is 11.2. The third-order valence-corrected chi connectivity index (χ3v) is 3.55. The van der Waals surface area contributed by atoms with Gasteiger partial charge in [-0.25, -0.2) is 4.98 Å². The summed E-state index contributed by atoms with van der Waals surface area (Å²) in [4.78, 5) is 15.4. The van der Waals surface area contributed by atoms with Crippen molar-refractivity contribution >= 4 is 6.29 Å². The van der Waals surface area contributed by atoms with Gasteiger partial charge in [0.1, 0.15) is 11.5 Å². The molecule has 94 valence electrons. The smallest absolute Gasteiger partial charge is 0.170 e. The number of carbonyl (C=O) groups is 1. The average molecular weight is 242 g/mol. The van der Waals surface area contributed by atoms with Gasteiger partial charge >= 0.3 is 0 Å². The summed E-state index contributed by atoms with van der Waals surface area (Å²) >= 11 is 0. The van der Waals surface area contributed by atoms with Crippen LogP contribution in [0.25, 0.3) is 11.3 Å². The van der Waals surface area contributed by atoms with E-state index < -0.39 is 0 Å². The van der Waals surface area contributed by atoms with Crippen molar-refractivity contribution in [2.24, 2.45) is 7.05 Å². The van der Waals surface area contributed by atoms with E-state index in [0.717, 1.165) is 23.4 Å². The van der Waals surface area contributed by atoms with Crippen LogP contribution in [0.4, 0.5) is 0 Å². The van der Waals surface area contributed by atoms with E-state index in [4.69, 9.17) is 0 Å². The summed E-state index contributed by atoms with van der Waals surface area (Å²) in [5.41, 5.74) is 6.17. The van der Waals surface area contributed by atoms with E-state index in [9.17, 15) is 4.79 Å². The van der Waals surface area contributed by atoms with E-state index in [2.05, 4.69) is 37.9 Å². The maximum Gasteiger partial charge on any atom is 0.170 e. The zero-order valence-corrected chi connectivity index (χ0v) is 11.5. The molecule has 0 radical (unpaired) electrons. The molecule has 2 rings (SSSR count). The lowest BCUT2D eigenvalue weighted by Gasteiger charge is -2.11. The summed E-state index contributed by atoms with van der Waals surface area (Å²) in [6, 6.07) is 4.29. The Morgan fingerprint density at radius 3 is 2.28 bits per heavy atom. The molecule has 1 aromatic heterocycles. The van der Waals surface area contributed by atoms with Gasteiger partial charge in [0.2, 0.25) is 0 Å². The number of aryl methyl sites for hydroxylation is 4. The standard InChI is InChI=1S/C15H18N2O/c1-9-6-11(3)13(7-10(9)2)15-14(8-18)16-12(4)17(15)5/h6-8H,1-5H3. The van der Waals surface area contributed by atoms with Crippen LogP contribution < -0.4 is 0 Å². The Bertz CT molecular complexity index is 624. The summed E-state index contributed by atoms with van der Waals surface area (Å²) in [7, 11) is 1.94. The van der Waals surface area contributed by atoms with Gasteiger partial charge in [0.15, 0.2) is 6.29 Å². The first kappa shape index (κ1) is 12.6. The number of nitrogens with zero attached hydrogens (tertiary/aromatic N) is 2. The van der Waals surface area contributed by atoms with Crippen LogP contribution >= 0.6 is 0 Å². The Morgan fingerprint density at radius 1 is 1.06 bits per heavy atom. The van der Waals surface area contributed by atoms with Gasteiger partial charge in [-0.15, -0.1) is 0 Å². The number of imidazole rings is 1. The molecule has 0 N–H and O–H groups in total. The molecule has 1 aromatic carbocycles. The van der Waals surface area contributed by atoms with Crippen molar-refractivity contribution in [3.05, 3.63) is 40.3 Å². The van der Waals surface area contributed by atoms with Crippen LogP contribution in [0, 0.1) is 27.7 Å². The second-order valence-corrected chi connectivity index (χ2v) is 4.82. The van der Waals surface area contributed by atoms with Crippen LogP contribution in [0.15, 0.2) is 12.1 Å². The van der Waals surface area contributed by atoms with Gasteiger partial charge in [0.25, 0.3) is 0 Å². The molecular weight excluding hydrogens is 224 g/mol. The molecule has 3 nitrogen and oxygen atoms in total. The minimum atomic E-state index is 0.515. The molecule has 3 heteroatoms. The number of aromatic nitrogens is 2. The minimum absolute atomic E-state index is 0.515. The number of hydrogen-bond acceptors (Lipinski definition) is 2. The van der Waals surface area contributed by atoms with E-state index in [1.165, 1.54) is 16.7 Å². The van der Waals surface area contributed by atoms with E-state index in [1.807, 2.05) is 18.5 Å². The number of carbonyl (C=O) groups excluding carboxylic acids is 1. The summed E-state index contributed by atoms with van der Waals surface area (Å²) in [5, 5.41) is 0. The van der Waals surface area contributed by atoms with E-state index in [-0.39, 0.29) is 0 Å². The van der Waals surface area contributed by atoms with Crippen molar-refractivity contribution < 1.29 is 4.79 Å². The Hall–Kier alpha value is -1.90. The molecule has 0 bridgehead atoms. The fourth-order valence-electron chi connectivity index (χ4n) is 2.25. The zero-order chi connectivity index (χ0) is 13.4. The van der Waals surface area contributed by atoms with Crippen LogP contribution in [0.5, 0.6) is 0 Å². The maximum absolute atomic E-state index is 11.2. The Labute approximate surface area is 107 Å². The second-order valence-electron chi connectivity index (χ2n) is 4.82. The summed E-state index contributed by atoms with van der Waals surface area (Å²) in [6.07, 6.45) is 0.830. The lowest BCUT2D eigenvalue weighted by Crippen LogP contribution is -1.98. The summed E-state index contributed by atoms with van der Waals surface area (Å²) in [5.74, 6) is 0.852. The number of hydrogen-bond donors (Lipinski definition) is 0. The average Bonchev–Trinajstić information content (AvgIpc) is 2.60. The van der Waals surface area contributed by atoms with Crippen molar-refractivity contribution in [1.29, 1.82) is 0 Å². The first-order chi connectivity index (χ1) is 8.45. The first-order valence-electron chi connectivity index (χ1n) is 6.02. The molecule has 18 heavy (non-hydrogen) atoms. The van der Waals surface area contributed by atoms with Gasteiger partial charge in [-0.3, -0.25) is 4.79 Å². The highest BCUT2D eigenvalue weighted by molar-refractivity contribution is 5.85. The van der Waals surface area contributed by atoms with Crippen molar-refractivity contribution in [1.82, 2.24) is 9.55 Å². The Balaban J connectivity index is 2.76. The topological polar surface area (TPSA) is 34.9 Å². The van der Waals surface area contributed by atoms with Crippen LogP contribution in [0.3, 0.4) is 0 Å². The molecule has 1 heterocycles. The molecule has 0 atom stereocenters. The van der Waals surface area contributed by atoms with Gasteiger partial charge in [-0.2, -0.15) is 0 Å². The van der Waals surface area contributed by atoms with Gasteiger partial charge in [0, 0.05) is 12.6 Å². The fraction of sp³-hybridized carbons (Fsp3) is 0.333. The lowest BCUT2D eigenvalue weighted by molar-refractivity contribution is 0.112. The zero-order valence-electron chi connectivity index (χ0n) is 11.5. The number of rotatable bonds is 2. The Kier molecular flexibility index (Phi) is 3.07. The molecule has 0 saturated heterocycles. The minimum Gasteiger partial charge on any atom is -0.331 e. The Morgan fingerprint density at radius 2 is 1.67 bits per heavy atom. The van der Waals surface area contributed by atoms with Crippen molar-refractivity contribution in [2.75, 3.05) is 0 Å². The largest absolute Gasteiger partial charge is 0.331 e. The first-order valence-corrected chi connectivity index (χ1v) is 6.02. The summed E-state index contributed by atoms with van der Waals surface area (Å²) < 4.78 is 1.97. The molecule has 0 spiro atoms. The molecular formula is C15H18N2O. The molecule has 2 aromatic rings. The van der Waals surface area contributed by atoms with Gasteiger partial charge in [-0.1, -0.05) is 6.07 Å². The number of aldehydes is 1. The fourth-order valence-corrected chi connectivity index (χ4v) is 2.25. The molecule has 0 aliphatic heterocycles. The number of benzene rings is 1. The normalized spacial score (nSPS) is 10.7. The van der Waals surface area contributed by atoms with Crippen molar-refractivity contribution in [2.45, 2.75) is 27.7 Å². The monoisotopic (exact) mass is 242 g/mol. The SMILES string of the molecule is Cc1cc(C)c(-c2c(C=O)nc(C)n2C)cc1C. The lowest BCUT2D eigenvalue weighted by atomic mass is 9.98. The quantitative estimate of drug-likeness (QED) is 0.758. The van der Waals surface area contributed by atoms with Crippen LogP contribution in [0.2, 0.25) is 0 Å². The van der Waals surface area contributed by atoms with Crippen molar-refractivity contribution in [3.63, 3.8) is 0 Å². The van der Waals surface area contributed by atoms with Crippen molar-refractivity contribution in [3.8, 4) is 11.3 Å². The second kappa shape index (κ2) is 4.41. The molecule has 0 saturated carbocycles. The highest BCUT2D eigenvalue weighted by Crippen LogP contribution is 2.28. The van der Waals surface area contributed by atoms with Crippen LogP contribution in [-0.2, 0) is 7.05 Å². The highest BCUT2D eigenvalue weighted by Gasteiger charge is 2.16. The predicted molar refractivity (Wildman–Crippen MR) is 73.0 cm³/mol. The van der Waals surface area contributed by atoms with Gasteiger partial charge < -0.3 is 4.57 Å². The molecule has 0 amide bonds. The van der Waals surface area contributed by atoms with E-state index in [1.54, 1.807) is 0 Å².